The number of aromatic nitrogens is 1. The van der Waals surface area contributed by atoms with Crippen LogP contribution in [0.2, 0.25) is 5.02 Å². The summed E-state index contributed by atoms with van der Waals surface area (Å²) in [6.07, 6.45) is 0. The van der Waals surface area contributed by atoms with Crippen LogP contribution in [0.15, 0.2) is 36.4 Å². The van der Waals surface area contributed by atoms with Crippen molar-refractivity contribution in [1.29, 1.82) is 5.41 Å². The number of hydrogen-bond acceptors (Lipinski definition) is 5. The lowest BCUT2D eigenvalue weighted by molar-refractivity contribution is -0.120. The van der Waals surface area contributed by atoms with Gasteiger partial charge in [0.2, 0.25) is 5.69 Å². The van der Waals surface area contributed by atoms with E-state index < -0.39 is 5.54 Å². The van der Waals surface area contributed by atoms with Gasteiger partial charge in [-0.25, -0.2) is 9.83 Å². The molecule has 1 fully saturated rings. The van der Waals surface area contributed by atoms with Gasteiger partial charge in [-0.2, -0.15) is 0 Å². The van der Waals surface area contributed by atoms with Crippen molar-refractivity contribution < 1.29 is 4.79 Å². The van der Waals surface area contributed by atoms with Gasteiger partial charge in [0.1, 0.15) is 5.54 Å². The Kier molecular flexibility index (Phi) is 5.05. The third kappa shape index (κ3) is 3.46. The fourth-order valence-electron chi connectivity index (χ4n) is 3.41. The third-order valence-electron chi connectivity index (χ3n) is 4.85. The molecule has 1 amide bonds. The fourth-order valence-corrected chi connectivity index (χ4v) is 5.00. The molecule has 2 aromatic carbocycles. The molecular weight excluding hydrogens is 454 g/mol. The molecule has 2 heterocycles. The van der Waals surface area contributed by atoms with Crippen LogP contribution in [0.3, 0.4) is 0 Å². The normalized spacial score (nSPS) is 15.4. The Morgan fingerprint density at radius 3 is 2.68 bits per heavy atom. The predicted molar refractivity (Wildman–Crippen MR) is 130 cm³/mol. The minimum atomic E-state index is -0.952. The van der Waals surface area contributed by atoms with E-state index in [0.29, 0.717) is 32.8 Å². The van der Waals surface area contributed by atoms with E-state index in [1.54, 1.807) is 36.9 Å². The first-order valence-electron chi connectivity index (χ1n) is 9.01. The molecule has 0 bridgehead atoms. The van der Waals surface area contributed by atoms with E-state index in [1.807, 2.05) is 18.2 Å². The summed E-state index contributed by atoms with van der Waals surface area (Å²) in [6, 6.07) is 10.4. The summed E-state index contributed by atoms with van der Waals surface area (Å²) in [5.74, 6) is -0.397. The molecule has 0 atom stereocenters. The quantitative estimate of drug-likeness (QED) is 0.222. The molecule has 0 radical (unpaired) electrons. The number of rotatable bonds is 3. The van der Waals surface area contributed by atoms with Gasteiger partial charge >= 0.3 is 0 Å². The number of nitrogens with zero attached hydrogens (tertiary/aromatic N) is 4. The molecule has 4 rings (SSSR count). The number of hydrogen-bond donors (Lipinski definition) is 3. The zero-order valence-corrected chi connectivity index (χ0v) is 18.8. The van der Waals surface area contributed by atoms with Crippen molar-refractivity contribution in [3.8, 4) is 0 Å². The van der Waals surface area contributed by atoms with Gasteiger partial charge in [0.05, 0.1) is 22.5 Å². The number of carbonyl (C=O) groups is 1. The number of benzene rings is 2. The Morgan fingerprint density at radius 2 is 2.03 bits per heavy atom. The molecule has 3 aromatic rings. The Hall–Kier alpha value is -3.26. The SMILES string of the molecule is [C-]#[N+]c1ccc(N2C(=O)C(C)(C)N(c3ccc4sc(NC(=N)N)nc4c3)C2=S)cc1Cl. The van der Waals surface area contributed by atoms with Crippen LogP contribution in [0.1, 0.15) is 13.8 Å². The maximum atomic E-state index is 13.3. The highest BCUT2D eigenvalue weighted by molar-refractivity contribution is 7.81. The number of carbonyl (C=O) groups excluding carboxylic acids is 1. The first-order chi connectivity index (χ1) is 14.6. The average molecular weight is 470 g/mol. The summed E-state index contributed by atoms with van der Waals surface area (Å²) < 4.78 is 0.903. The first kappa shape index (κ1) is 21.0. The van der Waals surface area contributed by atoms with E-state index in [9.17, 15) is 4.79 Å². The number of thiazole rings is 1. The smallest absolute Gasteiger partial charge is 0.259 e. The van der Waals surface area contributed by atoms with Gasteiger partial charge in [-0.3, -0.25) is 15.1 Å². The molecular formula is C20H16ClN7OS2. The highest BCUT2D eigenvalue weighted by Gasteiger charge is 2.50. The minimum absolute atomic E-state index is 0.190. The number of halogens is 1. The second-order valence-electron chi connectivity index (χ2n) is 7.27. The number of thiocarbonyl (C=S) groups is 1. The van der Waals surface area contributed by atoms with Gasteiger partial charge in [0.15, 0.2) is 16.2 Å². The molecule has 156 valence electrons. The van der Waals surface area contributed by atoms with Crippen LogP contribution in [-0.4, -0.2) is 27.5 Å². The van der Waals surface area contributed by atoms with Gasteiger partial charge in [-0.05, 0) is 56.4 Å². The maximum Gasteiger partial charge on any atom is 0.259 e. The minimum Gasteiger partial charge on any atom is -0.370 e. The number of guanidine groups is 1. The van der Waals surface area contributed by atoms with Crippen LogP contribution in [0.25, 0.3) is 15.1 Å². The van der Waals surface area contributed by atoms with Crippen molar-refractivity contribution in [2.24, 2.45) is 5.73 Å². The molecule has 8 nitrogen and oxygen atoms in total. The van der Waals surface area contributed by atoms with Crippen molar-refractivity contribution in [3.05, 3.63) is 52.8 Å². The molecule has 4 N–H and O–H groups in total. The number of anilines is 3. The van der Waals surface area contributed by atoms with Crippen molar-refractivity contribution >= 4 is 84.5 Å². The van der Waals surface area contributed by atoms with Crippen LogP contribution >= 0.6 is 35.2 Å². The van der Waals surface area contributed by atoms with Crippen LogP contribution < -0.4 is 20.9 Å². The molecule has 1 aromatic heterocycles. The molecule has 0 spiro atoms. The van der Waals surface area contributed by atoms with Crippen molar-refractivity contribution in [3.63, 3.8) is 0 Å². The fraction of sp³-hybridized carbons (Fsp3) is 0.150. The maximum absolute atomic E-state index is 13.3. The standard InChI is InChI=1S/C20H16ClN7OS2/c1-20(2)16(29)27(10-4-6-13(24-3)12(21)8-10)19(30)28(20)11-5-7-15-14(9-11)25-18(31-15)26-17(22)23/h4-9H,1-2H3,(H4,22,23,25,26). The van der Waals surface area contributed by atoms with Gasteiger partial charge in [0.25, 0.3) is 5.91 Å². The number of nitrogens with two attached hydrogens (primary N) is 1. The highest BCUT2D eigenvalue weighted by atomic mass is 35.5. The van der Waals surface area contributed by atoms with Gasteiger partial charge in [-0.15, -0.1) is 0 Å². The van der Waals surface area contributed by atoms with E-state index in [2.05, 4.69) is 15.1 Å². The Labute approximate surface area is 192 Å². The summed E-state index contributed by atoms with van der Waals surface area (Å²) in [7, 11) is 0. The Morgan fingerprint density at radius 1 is 1.32 bits per heavy atom. The van der Waals surface area contributed by atoms with Crippen molar-refractivity contribution in [1.82, 2.24) is 4.98 Å². The first-order valence-corrected chi connectivity index (χ1v) is 10.6. The molecule has 0 saturated carbocycles. The molecule has 0 aliphatic carbocycles. The van der Waals surface area contributed by atoms with Crippen molar-refractivity contribution in [2.45, 2.75) is 19.4 Å². The average Bonchev–Trinajstić information content (AvgIpc) is 3.16. The van der Waals surface area contributed by atoms with E-state index in [4.69, 9.17) is 41.5 Å². The molecule has 1 aliphatic rings. The topological polar surface area (TPSA) is 103 Å². The molecule has 1 aliphatic heterocycles. The largest absolute Gasteiger partial charge is 0.370 e. The van der Waals surface area contributed by atoms with Crippen LogP contribution in [0.5, 0.6) is 0 Å². The third-order valence-corrected chi connectivity index (χ3v) is 6.47. The summed E-state index contributed by atoms with van der Waals surface area (Å²) >= 11 is 13.2. The zero-order chi connectivity index (χ0) is 22.5. The van der Waals surface area contributed by atoms with Crippen LogP contribution in [-0.2, 0) is 4.79 Å². The summed E-state index contributed by atoms with van der Waals surface area (Å²) in [5.41, 5.74) is 6.66. The van der Waals surface area contributed by atoms with Crippen molar-refractivity contribution in [2.75, 3.05) is 15.1 Å². The summed E-state index contributed by atoms with van der Waals surface area (Å²) in [6.45, 7) is 10.7. The number of amides is 1. The molecule has 31 heavy (non-hydrogen) atoms. The van der Waals surface area contributed by atoms with E-state index in [1.165, 1.54) is 16.2 Å². The monoisotopic (exact) mass is 469 g/mol. The second kappa shape index (κ2) is 7.46. The van der Waals surface area contributed by atoms with E-state index >= 15 is 0 Å². The number of fused-ring (bicyclic) bond motifs is 1. The lowest BCUT2D eigenvalue weighted by Gasteiger charge is -2.29. The second-order valence-corrected chi connectivity index (χ2v) is 9.08. The van der Waals surface area contributed by atoms with Crippen LogP contribution in [0.4, 0.5) is 22.2 Å². The summed E-state index contributed by atoms with van der Waals surface area (Å²) in [4.78, 5) is 24.3. The van der Waals surface area contributed by atoms with E-state index in [-0.39, 0.29) is 16.9 Å². The van der Waals surface area contributed by atoms with Gasteiger partial charge < -0.3 is 16.0 Å². The van der Waals surface area contributed by atoms with Gasteiger partial charge in [-0.1, -0.05) is 29.0 Å². The predicted octanol–water partition coefficient (Wildman–Crippen LogP) is 4.72. The van der Waals surface area contributed by atoms with E-state index in [0.717, 1.165) is 4.70 Å². The Bertz CT molecular complexity index is 1310. The molecule has 0 unspecified atom stereocenters. The molecule has 11 heteroatoms. The van der Waals surface area contributed by atoms with Crippen LogP contribution in [0, 0.1) is 12.0 Å². The Balaban J connectivity index is 1.75. The lowest BCUT2D eigenvalue weighted by atomic mass is 10.0. The lowest BCUT2D eigenvalue weighted by Crippen LogP contribution is -2.44. The highest BCUT2D eigenvalue weighted by Crippen LogP contribution is 2.40. The molecule has 1 saturated heterocycles. The van der Waals surface area contributed by atoms with Gasteiger partial charge in [0, 0.05) is 10.7 Å². The zero-order valence-electron chi connectivity index (χ0n) is 16.4. The summed E-state index contributed by atoms with van der Waals surface area (Å²) in [5, 5.41) is 11.1. The number of nitrogens with one attached hydrogen (secondary N) is 2.